The number of nitrogens with one attached hydrogen (secondary N) is 5. The minimum absolute atomic E-state index is 0.0185. The average molecular weight is 559 g/mol. The topological polar surface area (TPSA) is 145 Å². The van der Waals surface area contributed by atoms with Gasteiger partial charge in [-0.3, -0.25) is 4.79 Å². The van der Waals surface area contributed by atoms with Gasteiger partial charge in [-0.1, -0.05) is 19.3 Å². The number of hydrogen-bond donors (Lipinski definition) is 6. The molecule has 0 bridgehead atoms. The number of anilines is 3. The molecule has 11 heteroatoms. The maximum Gasteiger partial charge on any atom is 0.239 e. The Morgan fingerprint density at radius 3 is 2.42 bits per heavy atom. The van der Waals surface area contributed by atoms with Crippen molar-refractivity contribution in [3.05, 3.63) is 0 Å². The highest BCUT2D eigenvalue weighted by atomic mass is 16.2. The Morgan fingerprint density at radius 1 is 0.975 bits per heavy atom. The zero-order valence-electron chi connectivity index (χ0n) is 25.1. The largest absolute Gasteiger partial charge is 0.368 e. The Bertz CT molecular complexity index is 909. The van der Waals surface area contributed by atoms with Crippen molar-refractivity contribution in [1.82, 2.24) is 36.2 Å². The number of amides is 1. The molecule has 1 atom stereocenters. The van der Waals surface area contributed by atoms with E-state index in [0.717, 1.165) is 38.1 Å². The molecule has 1 aliphatic heterocycles. The van der Waals surface area contributed by atoms with Crippen molar-refractivity contribution < 1.29 is 4.79 Å². The lowest BCUT2D eigenvalue weighted by Gasteiger charge is -2.34. The van der Waals surface area contributed by atoms with Crippen molar-refractivity contribution in [1.29, 1.82) is 0 Å². The molecular formula is C29H54N10O. The Morgan fingerprint density at radius 2 is 1.70 bits per heavy atom. The summed E-state index contributed by atoms with van der Waals surface area (Å²) < 4.78 is 0. The van der Waals surface area contributed by atoms with E-state index < -0.39 is 0 Å². The van der Waals surface area contributed by atoms with Gasteiger partial charge in [-0.05, 0) is 97.2 Å². The average Bonchev–Trinajstić information content (AvgIpc) is 2.94. The van der Waals surface area contributed by atoms with E-state index in [4.69, 9.17) is 5.73 Å². The standard InChI is InChI=1S/C29H54N10O/c1-29(2,3)38-25(40)24-20-39(17-16-33-24)28-36-26(30)35-27(37-28)34-19-22-12-10-21(11-13-22)18-31-14-7-15-32-23-8-5-4-6-9-23/h21-24,31-33H,4-20H2,1-3H3,(H,38,40)(H3,30,34,35,36,37)/t21?,22?,24-/m0/s1. The predicted octanol–water partition coefficient (Wildman–Crippen LogP) is 2.27. The molecule has 2 heterocycles. The van der Waals surface area contributed by atoms with Crippen molar-refractivity contribution in [2.24, 2.45) is 11.8 Å². The van der Waals surface area contributed by atoms with E-state index in [9.17, 15) is 4.79 Å². The van der Waals surface area contributed by atoms with E-state index in [1.54, 1.807) is 0 Å². The third-order valence-corrected chi connectivity index (χ3v) is 8.43. The van der Waals surface area contributed by atoms with Crippen LogP contribution < -0.4 is 37.2 Å². The molecular weight excluding hydrogens is 504 g/mol. The third-order valence-electron chi connectivity index (χ3n) is 8.43. The Balaban J connectivity index is 1.13. The van der Waals surface area contributed by atoms with Gasteiger partial charge in [0.25, 0.3) is 0 Å². The van der Waals surface area contributed by atoms with Gasteiger partial charge in [0, 0.05) is 37.8 Å². The molecule has 7 N–H and O–H groups in total. The second kappa shape index (κ2) is 15.1. The maximum absolute atomic E-state index is 12.7. The summed E-state index contributed by atoms with van der Waals surface area (Å²) in [5.74, 6) is 2.61. The summed E-state index contributed by atoms with van der Waals surface area (Å²) in [5, 5.41) is 17.2. The van der Waals surface area contributed by atoms with Crippen LogP contribution in [0.2, 0.25) is 0 Å². The summed E-state index contributed by atoms with van der Waals surface area (Å²) in [4.78, 5) is 28.1. The minimum Gasteiger partial charge on any atom is -0.368 e. The highest BCUT2D eigenvalue weighted by molar-refractivity contribution is 5.83. The normalized spacial score (nSPS) is 24.6. The summed E-state index contributed by atoms with van der Waals surface area (Å²) in [6.45, 7) is 12.0. The van der Waals surface area contributed by atoms with Crippen LogP contribution in [0.1, 0.15) is 85.0 Å². The number of hydrogen-bond acceptors (Lipinski definition) is 10. The molecule has 4 rings (SSSR count). The lowest BCUT2D eigenvalue weighted by Crippen LogP contribution is -2.59. The van der Waals surface area contributed by atoms with Gasteiger partial charge in [-0.15, -0.1) is 0 Å². The molecule has 11 nitrogen and oxygen atoms in total. The predicted molar refractivity (Wildman–Crippen MR) is 162 cm³/mol. The van der Waals surface area contributed by atoms with Crippen molar-refractivity contribution in [2.45, 2.75) is 103 Å². The Hall–Kier alpha value is -2.24. The number of carbonyl (C=O) groups excluding carboxylic acids is 1. The maximum atomic E-state index is 12.7. The van der Waals surface area contributed by atoms with Crippen molar-refractivity contribution in [2.75, 3.05) is 61.8 Å². The first-order valence-corrected chi connectivity index (χ1v) is 15.7. The van der Waals surface area contributed by atoms with Crippen LogP contribution in [0.15, 0.2) is 0 Å². The van der Waals surface area contributed by atoms with E-state index in [-0.39, 0.29) is 23.4 Å². The van der Waals surface area contributed by atoms with Crippen LogP contribution in [-0.4, -0.2) is 84.3 Å². The molecule has 3 fully saturated rings. The quantitative estimate of drug-likeness (QED) is 0.211. The number of aromatic nitrogens is 3. The van der Waals surface area contributed by atoms with E-state index in [1.807, 2.05) is 25.7 Å². The van der Waals surface area contributed by atoms with E-state index in [1.165, 1.54) is 64.2 Å². The van der Waals surface area contributed by atoms with Crippen LogP contribution >= 0.6 is 0 Å². The molecule has 1 saturated heterocycles. The number of rotatable bonds is 12. The first kappa shape index (κ1) is 30.7. The molecule has 0 spiro atoms. The van der Waals surface area contributed by atoms with Crippen LogP contribution in [0.5, 0.6) is 0 Å². The van der Waals surface area contributed by atoms with Gasteiger partial charge in [-0.2, -0.15) is 15.0 Å². The Labute approximate surface area is 241 Å². The Kier molecular flexibility index (Phi) is 11.6. The van der Waals surface area contributed by atoms with Gasteiger partial charge in [-0.25, -0.2) is 0 Å². The van der Waals surface area contributed by atoms with Crippen LogP contribution in [0.25, 0.3) is 0 Å². The molecule has 0 unspecified atom stereocenters. The summed E-state index contributed by atoms with van der Waals surface area (Å²) in [7, 11) is 0. The highest BCUT2D eigenvalue weighted by Gasteiger charge is 2.29. The second-order valence-corrected chi connectivity index (χ2v) is 13.1. The van der Waals surface area contributed by atoms with Gasteiger partial charge < -0.3 is 37.2 Å². The van der Waals surface area contributed by atoms with Crippen LogP contribution in [0, 0.1) is 11.8 Å². The van der Waals surface area contributed by atoms with Gasteiger partial charge in [0.1, 0.15) is 6.04 Å². The fraction of sp³-hybridized carbons (Fsp3) is 0.862. The van der Waals surface area contributed by atoms with Gasteiger partial charge in [0.05, 0.1) is 0 Å². The SMILES string of the molecule is CC(C)(C)NC(=O)[C@@H]1CN(c2nc(N)nc(NCC3CCC(CNCCCNC4CCCCC4)CC3)n2)CCN1. The smallest absolute Gasteiger partial charge is 0.239 e. The molecule has 1 aromatic heterocycles. The molecule has 3 aliphatic rings. The van der Waals surface area contributed by atoms with Gasteiger partial charge in [0.2, 0.25) is 23.8 Å². The van der Waals surface area contributed by atoms with Crippen LogP contribution in [0.4, 0.5) is 17.8 Å². The summed E-state index contributed by atoms with van der Waals surface area (Å²) >= 11 is 0. The number of nitrogens with two attached hydrogens (primary N) is 1. The molecule has 1 aromatic rings. The molecule has 1 amide bonds. The van der Waals surface area contributed by atoms with Crippen molar-refractivity contribution in [3.63, 3.8) is 0 Å². The lowest BCUT2D eigenvalue weighted by atomic mass is 9.82. The first-order chi connectivity index (χ1) is 19.2. The monoisotopic (exact) mass is 558 g/mol. The lowest BCUT2D eigenvalue weighted by molar-refractivity contribution is -0.124. The zero-order chi connectivity index (χ0) is 28.4. The molecule has 0 aromatic carbocycles. The van der Waals surface area contributed by atoms with Gasteiger partial charge >= 0.3 is 0 Å². The van der Waals surface area contributed by atoms with Crippen molar-refractivity contribution >= 4 is 23.8 Å². The fourth-order valence-corrected chi connectivity index (χ4v) is 6.17. The van der Waals surface area contributed by atoms with Gasteiger partial charge in [0.15, 0.2) is 0 Å². The minimum atomic E-state index is -0.328. The summed E-state index contributed by atoms with van der Waals surface area (Å²) in [6, 6.07) is 0.435. The van der Waals surface area contributed by atoms with Crippen LogP contribution in [-0.2, 0) is 4.79 Å². The summed E-state index contributed by atoms with van der Waals surface area (Å²) in [6.07, 6.45) is 13.1. The number of nitrogen functional groups attached to an aromatic ring is 1. The molecule has 0 radical (unpaired) electrons. The molecule has 226 valence electrons. The van der Waals surface area contributed by atoms with E-state index in [2.05, 4.69) is 41.5 Å². The number of nitrogens with zero attached hydrogens (tertiary/aromatic N) is 4. The zero-order valence-corrected chi connectivity index (χ0v) is 25.1. The highest BCUT2D eigenvalue weighted by Crippen LogP contribution is 2.28. The van der Waals surface area contributed by atoms with E-state index >= 15 is 0 Å². The van der Waals surface area contributed by atoms with E-state index in [0.29, 0.717) is 37.4 Å². The molecule has 40 heavy (non-hydrogen) atoms. The van der Waals surface area contributed by atoms with Crippen molar-refractivity contribution in [3.8, 4) is 0 Å². The molecule has 2 saturated carbocycles. The third kappa shape index (κ3) is 10.3. The number of piperazine rings is 1. The molecule has 2 aliphatic carbocycles. The van der Waals surface area contributed by atoms with Crippen LogP contribution in [0.3, 0.4) is 0 Å². The number of carbonyl (C=O) groups is 1. The first-order valence-electron chi connectivity index (χ1n) is 15.7. The summed E-state index contributed by atoms with van der Waals surface area (Å²) in [5.41, 5.74) is 5.77. The second-order valence-electron chi connectivity index (χ2n) is 13.1. The fourth-order valence-electron chi connectivity index (χ4n) is 6.17.